The molecule has 1 aromatic rings. The smallest absolute Gasteiger partial charge is 0.0931 e. The van der Waals surface area contributed by atoms with Gasteiger partial charge in [-0.3, -0.25) is 4.98 Å². The Labute approximate surface area is 96.1 Å². The fraction of sp³-hybridized carbons (Fsp3) is 0.583. The van der Waals surface area contributed by atoms with E-state index >= 15 is 0 Å². The molecule has 0 bridgehead atoms. The maximum absolute atomic E-state index is 9.29. The number of aliphatic hydroxyl groups excluding tert-OH is 1. The van der Waals surface area contributed by atoms with Crippen LogP contribution in [-0.4, -0.2) is 15.8 Å². The SMILES string of the molecule is CCCCCSc1ccc(C(C)O)nc1. The minimum Gasteiger partial charge on any atom is -0.387 e. The van der Waals surface area contributed by atoms with Crippen molar-refractivity contribution < 1.29 is 5.11 Å². The lowest BCUT2D eigenvalue weighted by molar-refractivity contribution is 0.194. The lowest BCUT2D eigenvalue weighted by Crippen LogP contribution is -1.94. The zero-order valence-electron chi connectivity index (χ0n) is 9.44. The highest BCUT2D eigenvalue weighted by atomic mass is 32.2. The molecule has 0 saturated heterocycles. The van der Waals surface area contributed by atoms with Gasteiger partial charge in [0.2, 0.25) is 0 Å². The van der Waals surface area contributed by atoms with E-state index in [0.717, 1.165) is 11.4 Å². The number of unbranched alkanes of at least 4 members (excludes halogenated alkanes) is 2. The Hall–Kier alpha value is -0.540. The zero-order valence-corrected chi connectivity index (χ0v) is 10.3. The molecule has 15 heavy (non-hydrogen) atoms. The van der Waals surface area contributed by atoms with Crippen molar-refractivity contribution in [3.8, 4) is 0 Å². The molecule has 0 amide bonds. The topological polar surface area (TPSA) is 33.1 Å². The van der Waals surface area contributed by atoms with Gasteiger partial charge in [-0.15, -0.1) is 11.8 Å². The highest BCUT2D eigenvalue weighted by Crippen LogP contribution is 2.20. The van der Waals surface area contributed by atoms with Crippen molar-refractivity contribution in [1.29, 1.82) is 0 Å². The van der Waals surface area contributed by atoms with Crippen molar-refractivity contribution in [3.63, 3.8) is 0 Å². The van der Waals surface area contributed by atoms with Crippen LogP contribution in [-0.2, 0) is 0 Å². The number of nitrogens with zero attached hydrogens (tertiary/aromatic N) is 1. The number of pyridine rings is 1. The molecule has 0 aliphatic rings. The largest absolute Gasteiger partial charge is 0.387 e. The van der Waals surface area contributed by atoms with Gasteiger partial charge < -0.3 is 5.11 Å². The number of rotatable bonds is 6. The summed E-state index contributed by atoms with van der Waals surface area (Å²) < 4.78 is 0. The van der Waals surface area contributed by atoms with E-state index < -0.39 is 6.10 Å². The van der Waals surface area contributed by atoms with Gasteiger partial charge in [0.15, 0.2) is 0 Å². The lowest BCUT2D eigenvalue weighted by Gasteiger charge is -2.04. The molecule has 2 nitrogen and oxygen atoms in total. The number of hydrogen-bond acceptors (Lipinski definition) is 3. The van der Waals surface area contributed by atoms with E-state index in [-0.39, 0.29) is 0 Å². The molecule has 0 aliphatic heterocycles. The third kappa shape index (κ3) is 4.67. The Kier molecular flexibility index (Phi) is 5.73. The van der Waals surface area contributed by atoms with Crippen LogP contribution in [0.15, 0.2) is 23.2 Å². The van der Waals surface area contributed by atoms with Crippen molar-refractivity contribution in [2.45, 2.75) is 44.1 Å². The van der Waals surface area contributed by atoms with Gasteiger partial charge in [0.1, 0.15) is 0 Å². The van der Waals surface area contributed by atoms with Crippen LogP contribution < -0.4 is 0 Å². The standard InChI is InChI=1S/C12H19NOS/c1-3-4-5-8-15-11-6-7-12(10(2)14)13-9-11/h6-7,9-10,14H,3-5,8H2,1-2H3. The molecule has 1 unspecified atom stereocenters. The van der Waals surface area contributed by atoms with Crippen LogP contribution in [0.2, 0.25) is 0 Å². The van der Waals surface area contributed by atoms with Crippen molar-refractivity contribution in [2.75, 3.05) is 5.75 Å². The Balaban J connectivity index is 2.36. The molecule has 1 rings (SSSR count). The van der Waals surface area contributed by atoms with Gasteiger partial charge in [-0.25, -0.2) is 0 Å². The van der Waals surface area contributed by atoms with Crippen LogP contribution in [0.1, 0.15) is 44.9 Å². The monoisotopic (exact) mass is 225 g/mol. The highest BCUT2D eigenvalue weighted by molar-refractivity contribution is 7.99. The summed E-state index contributed by atoms with van der Waals surface area (Å²) in [5.41, 5.74) is 0.743. The fourth-order valence-corrected chi connectivity index (χ4v) is 2.14. The summed E-state index contributed by atoms with van der Waals surface area (Å²) in [6.45, 7) is 3.94. The zero-order chi connectivity index (χ0) is 11.1. The van der Waals surface area contributed by atoms with Gasteiger partial charge in [-0.2, -0.15) is 0 Å². The molecular formula is C12H19NOS. The van der Waals surface area contributed by atoms with E-state index in [9.17, 15) is 5.11 Å². The average Bonchev–Trinajstić information content (AvgIpc) is 2.25. The first-order valence-electron chi connectivity index (χ1n) is 5.51. The van der Waals surface area contributed by atoms with Crippen molar-refractivity contribution in [3.05, 3.63) is 24.0 Å². The minimum atomic E-state index is -0.468. The second kappa shape index (κ2) is 6.85. The Morgan fingerprint density at radius 1 is 1.40 bits per heavy atom. The quantitative estimate of drug-likeness (QED) is 0.595. The predicted octanol–water partition coefficient (Wildman–Crippen LogP) is 3.42. The van der Waals surface area contributed by atoms with Crippen LogP contribution in [0.3, 0.4) is 0 Å². The molecule has 84 valence electrons. The van der Waals surface area contributed by atoms with Crippen LogP contribution in [0, 0.1) is 0 Å². The summed E-state index contributed by atoms with van der Waals surface area (Å²) in [5, 5.41) is 9.29. The van der Waals surface area contributed by atoms with Gasteiger partial charge in [-0.1, -0.05) is 19.8 Å². The van der Waals surface area contributed by atoms with Crippen molar-refractivity contribution in [2.24, 2.45) is 0 Å². The molecule has 1 aromatic heterocycles. The van der Waals surface area contributed by atoms with Crippen LogP contribution >= 0.6 is 11.8 Å². The molecule has 0 radical (unpaired) electrons. The summed E-state index contributed by atoms with van der Waals surface area (Å²) in [6, 6.07) is 3.93. The second-order valence-electron chi connectivity index (χ2n) is 3.65. The number of hydrogen-bond donors (Lipinski definition) is 1. The number of aliphatic hydroxyl groups is 1. The van der Waals surface area contributed by atoms with E-state index in [2.05, 4.69) is 11.9 Å². The highest BCUT2D eigenvalue weighted by Gasteiger charge is 2.01. The van der Waals surface area contributed by atoms with E-state index in [1.165, 1.54) is 24.2 Å². The van der Waals surface area contributed by atoms with Crippen LogP contribution in [0.25, 0.3) is 0 Å². The molecular weight excluding hydrogens is 206 g/mol. The maximum Gasteiger partial charge on any atom is 0.0931 e. The molecule has 1 heterocycles. The predicted molar refractivity (Wildman–Crippen MR) is 65.1 cm³/mol. The third-order valence-electron chi connectivity index (χ3n) is 2.20. The molecule has 0 fully saturated rings. The van der Waals surface area contributed by atoms with E-state index in [4.69, 9.17) is 0 Å². The molecule has 1 atom stereocenters. The molecule has 0 aromatic carbocycles. The fourth-order valence-electron chi connectivity index (χ4n) is 1.27. The molecule has 0 spiro atoms. The summed E-state index contributed by atoms with van der Waals surface area (Å²) >= 11 is 1.84. The van der Waals surface area contributed by atoms with Crippen molar-refractivity contribution >= 4 is 11.8 Å². The Bertz CT molecular complexity index is 271. The first kappa shape index (κ1) is 12.5. The first-order valence-corrected chi connectivity index (χ1v) is 6.49. The molecule has 1 N–H and O–H groups in total. The molecule has 3 heteroatoms. The molecule has 0 saturated carbocycles. The first-order chi connectivity index (χ1) is 7.24. The van der Waals surface area contributed by atoms with E-state index in [1.807, 2.05) is 30.1 Å². The maximum atomic E-state index is 9.29. The Morgan fingerprint density at radius 2 is 2.20 bits per heavy atom. The van der Waals surface area contributed by atoms with Crippen LogP contribution in [0.5, 0.6) is 0 Å². The van der Waals surface area contributed by atoms with Gasteiger partial charge in [0.05, 0.1) is 11.8 Å². The third-order valence-corrected chi connectivity index (χ3v) is 3.27. The minimum absolute atomic E-state index is 0.468. The van der Waals surface area contributed by atoms with E-state index in [0.29, 0.717) is 0 Å². The summed E-state index contributed by atoms with van der Waals surface area (Å²) in [4.78, 5) is 5.40. The summed E-state index contributed by atoms with van der Waals surface area (Å²) in [5.74, 6) is 1.16. The van der Waals surface area contributed by atoms with Gasteiger partial charge in [0.25, 0.3) is 0 Å². The number of aromatic nitrogens is 1. The van der Waals surface area contributed by atoms with Gasteiger partial charge in [-0.05, 0) is 31.2 Å². The van der Waals surface area contributed by atoms with Gasteiger partial charge in [0, 0.05) is 11.1 Å². The second-order valence-corrected chi connectivity index (χ2v) is 4.82. The molecule has 0 aliphatic carbocycles. The summed E-state index contributed by atoms with van der Waals surface area (Å²) in [7, 11) is 0. The number of thioether (sulfide) groups is 1. The van der Waals surface area contributed by atoms with E-state index in [1.54, 1.807) is 6.92 Å². The van der Waals surface area contributed by atoms with Crippen molar-refractivity contribution in [1.82, 2.24) is 4.98 Å². The normalized spacial score (nSPS) is 12.7. The van der Waals surface area contributed by atoms with Gasteiger partial charge >= 0.3 is 0 Å². The average molecular weight is 225 g/mol. The summed E-state index contributed by atoms with van der Waals surface area (Å²) in [6.07, 6.45) is 5.20. The van der Waals surface area contributed by atoms with Crippen LogP contribution in [0.4, 0.5) is 0 Å². The lowest BCUT2D eigenvalue weighted by atomic mass is 10.2. The Morgan fingerprint density at radius 3 is 2.73 bits per heavy atom.